The Hall–Kier alpha value is -4.40. The second-order valence-electron chi connectivity index (χ2n) is 8.43. The van der Waals surface area contributed by atoms with Crippen molar-refractivity contribution in [1.29, 1.82) is 0 Å². The third-order valence-corrected chi connectivity index (χ3v) is 6.04. The summed E-state index contributed by atoms with van der Waals surface area (Å²) in [4.78, 5) is 21.3. The number of aromatic nitrogens is 2. The van der Waals surface area contributed by atoms with Crippen molar-refractivity contribution in [3.05, 3.63) is 76.5 Å². The van der Waals surface area contributed by atoms with E-state index in [1.165, 1.54) is 6.08 Å². The number of fused-ring (bicyclic) bond motifs is 2. The maximum Gasteiger partial charge on any atom is 0.267 e. The van der Waals surface area contributed by atoms with Crippen LogP contribution in [-0.4, -0.2) is 33.9 Å². The van der Waals surface area contributed by atoms with E-state index in [0.717, 1.165) is 40.7 Å². The standard InChI is InChI=1S/C26H26N6O3/c1-2-5-21-20-7-4-3-6-18(20)14-30-32(21)23(33)9-8-17-10-16(12-22-24(17)35-15-34-22)11-19-13-29-26(28)31-25(19)27/h3-4,6-10,12-14,21H,2,5,11,15H2,1H3,(H4,27,28,29,31)/b9-8+. The minimum Gasteiger partial charge on any atom is -0.454 e. The Morgan fingerprint density at radius 3 is 2.91 bits per heavy atom. The maximum absolute atomic E-state index is 13.2. The van der Waals surface area contributed by atoms with E-state index >= 15 is 0 Å². The molecule has 35 heavy (non-hydrogen) atoms. The van der Waals surface area contributed by atoms with Crippen LogP contribution in [0.4, 0.5) is 11.8 Å². The van der Waals surface area contributed by atoms with E-state index in [1.807, 2.05) is 30.3 Å². The largest absolute Gasteiger partial charge is 0.454 e. The maximum atomic E-state index is 13.2. The van der Waals surface area contributed by atoms with Crippen LogP contribution in [0.1, 0.15) is 53.6 Å². The molecule has 1 atom stereocenters. The van der Waals surface area contributed by atoms with Crippen molar-refractivity contribution in [2.24, 2.45) is 5.10 Å². The second-order valence-corrected chi connectivity index (χ2v) is 8.43. The van der Waals surface area contributed by atoms with E-state index < -0.39 is 0 Å². The predicted octanol–water partition coefficient (Wildman–Crippen LogP) is 3.69. The predicted molar refractivity (Wildman–Crippen MR) is 134 cm³/mol. The van der Waals surface area contributed by atoms with Gasteiger partial charge < -0.3 is 20.9 Å². The number of amides is 1. The second kappa shape index (κ2) is 9.46. The Morgan fingerprint density at radius 1 is 1.23 bits per heavy atom. The summed E-state index contributed by atoms with van der Waals surface area (Å²) in [6.45, 7) is 2.22. The number of hydrazone groups is 1. The zero-order valence-corrected chi connectivity index (χ0v) is 19.3. The fourth-order valence-electron chi connectivity index (χ4n) is 4.38. The molecule has 2 aliphatic heterocycles. The van der Waals surface area contributed by atoms with Crippen molar-refractivity contribution in [3.8, 4) is 11.5 Å². The molecule has 2 aromatic carbocycles. The summed E-state index contributed by atoms with van der Waals surface area (Å²) in [6, 6.07) is 11.8. The fraction of sp³-hybridized carbons (Fsp3) is 0.231. The van der Waals surface area contributed by atoms with Crippen molar-refractivity contribution in [2.75, 3.05) is 18.3 Å². The molecule has 4 N–H and O–H groups in total. The molecule has 178 valence electrons. The van der Waals surface area contributed by atoms with Crippen LogP contribution >= 0.6 is 0 Å². The van der Waals surface area contributed by atoms with Gasteiger partial charge in [-0.15, -0.1) is 0 Å². The Labute approximate surface area is 203 Å². The van der Waals surface area contributed by atoms with Gasteiger partial charge in [-0.3, -0.25) is 4.79 Å². The van der Waals surface area contributed by atoms with Crippen LogP contribution in [0.25, 0.3) is 6.08 Å². The number of benzene rings is 2. The SMILES string of the molecule is CCCC1c2ccccc2C=NN1C(=O)/C=C/c1cc(Cc2cnc(N)nc2N)cc2c1OCO2. The zero-order valence-electron chi connectivity index (χ0n) is 19.3. The minimum absolute atomic E-state index is 0.108. The van der Waals surface area contributed by atoms with E-state index in [0.29, 0.717) is 23.7 Å². The lowest BCUT2D eigenvalue weighted by atomic mass is 9.95. The number of rotatable bonds is 6. The van der Waals surface area contributed by atoms with Gasteiger partial charge in [-0.25, -0.2) is 9.99 Å². The number of hydrogen-bond donors (Lipinski definition) is 2. The number of nitrogen functional groups attached to an aromatic ring is 2. The van der Waals surface area contributed by atoms with Crippen LogP contribution < -0.4 is 20.9 Å². The fourth-order valence-corrected chi connectivity index (χ4v) is 4.38. The summed E-state index contributed by atoms with van der Waals surface area (Å²) in [6.07, 6.45) is 8.84. The first-order valence-corrected chi connectivity index (χ1v) is 11.5. The molecule has 0 saturated carbocycles. The van der Waals surface area contributed by atoms with E-state index in [1.54, 1.807) is 23.5 Å². The molecule has 3 heterocycles. The first-order valence-electron chi connectivity index (χ1n) is 11.5. The third-order valence-electron chi connectivity index (χ3n) is 6.04. The van der Waals surface area contributed by atoms with Gasteiger partial charge in [0.05, 0.1) is 12.3 Å². The first-order chi connectivity index (χ1) is 17.0. The van der Waals surface area contributed by atoms with Gasteiger partial charge in [-0.1, -0.05) is 37.6 Å². The number of carbonyl (C=O) groups excluding carboxylic acids is 1. The van der Waals surface area contributed by atoms with E-state index in [9.17, 15) is 4.79 Å². The summed E-state index contributed by atoms with van der Waals surface area (Å²) in [5, 5.41) is 6.01. The summed E-state index contributed by atoms with van der Waals surface area (Å²) >= 11 is 0. The highest BCUT2D eigenvalue weighted by atomic mass is 16.7. The Kier molecular flexibility index (Phi) is 6.05. The summed E-state index contributed by atoms with van der Waals surface area (Å²) < 4.78 is 11.3. The van der Waals surface area contributed by atoms with E-state index in [4.69, 9.17) is 20.9 Å². The van der Waals surface area contributed by atoms with Crippen molar-refractivity contribution in [1.82, 2.24) is 15.0 Å². The summed E-state index contributed by atoms with van der Waals surface area (Å²) in [7, 11) is 0. The smallest absolute Gasteiger partial charge is 0.267 e. The molecule has 9 nitrogen and oxygen atoms in total. The molecule has 3 aromatic rings. The van der Waals surface area contributed by atoms with Gasteiger partial charge in [0.25, 0.3) is 5.91 Å². The van der Waals surface area contributed by atoms with E-state index in [2.05, 4.69) is 28.1 Å². The lowest BCUT2D eigenvalue weighted by Crippen LogP contribution is -2.32. The average Bonchev–Trinajstić information content (AvgIpc) is 3.33. The molecule has 1 amide bonds. The molecule has 0 radical (unpaired) electrons. The van der Waals surface area contributed by atoms with Crippen molar-refractivity contribution in [2.45, 2.75) is 32.2 Å². The highest BCUT2D eigenvalue weighted by Gasteiger charge is 2.28. The minimum atomic E-state index is -0.205. The highest BCUT2D eigenvalue weighted by Crippen LogP contribution is 2.39. The molecule has 1 aromatic heterocycles. The van der Waals surface area contributed by atoms with Crippen molar-refractivity contribution in [3.63, 3.8) is 0 Å². The van der Waals surface area contributed by atoms with Crippen molar-refractivity contribution >= 4 is 30.0 Å². The lowest BCUT2D eigenvalue weighted by Gasteiger charge is -2.31. The van der Waals surface area contributed by atoms with Crippen LogP contribution in [0.3, 0.4) is 0 Å². The number of nitrogens with zero attached hydrogens (tertiary/aromatic N) is 4. The van der Waals surface area contributed by atoms with Crippen molar-refractivity contribution < 1.29 is 14.3 Å². The average molecular weight is 471 g/mol. The molecule has 0 spiro atoms. The van der Waals surface area contributed by atoms with Gasteiger partial charge in [-0.05, 0) is 41.3 Å². The third kappa shape index (κ3) is 4.52. The Balaban J connectivity index is 1.42. The molecule has 9 heteroatoms. The normalized spacial score (nSPS) is 16.0. The van der Waals surface area contributed by atoms with Gasteiger partial charge in [0.15, 0.2) is 11.5 Å². The molecule has 5 rings (SSSR count). The van der Waals surface area contributed by atoms with Gasteiger partial charge in [0.1, 0.15) is 5.82 Å². The van der Waals surface area contributed by atoms with Crippen LogP contribution in [0, 0.1) is 0 Å². The lowest BCUT2D eigenvalue weighted by molar-refractivity contribution is -0.128. The Morgan fingerprint density at radius 2 is 2.09 bits per heavy atom. The highest BCUT2D eigenvalue weighted by molar-refractivity contribution is 5.95. The molecule has 1 unspecified atom stereocenters. The monoisotopic (exact) mass is 470 g/mol. The van der Waals surface area contributed by atoms with Gasteiger partial charge in [-0.2, -0.15) is 10.1 Å². The number of nitrogens with two attached hydrogens (primary N) is 2. The number of hydrogen-bond acceptors (Lipinski definition) is 8. The number of carbonyl (C=O) groups is 1. The zero-order chi connectivity index (χ0) is 24.4. The van der Waals surface area contributed by atoms with Crippen LogP contribution in [0.2, 0.25) is 0 Å². The van der Waals surface area contributed by atoms with Gasteiger partial charge >= 0.3 is 0 Å². The molecule has 0 fully saturated rings. The van der Waals surface area contributed by atoms with E-state index in [-0.39, 0.29) is 24.7 Å². The quantitative estimate of drug-likeness (QED) is 0.526. The topological polar surface area (TPSA) is 129 Å². The molecular weight excluding hydrogens is 444 g/mol. The molecular formula is C26H26N6O3. The number of anilines is 2. The van der Waals surface area contributed by atoms with Crippen LogP contribution in [0.15, 0.2) is 53.8 Å². The Bertz CT molecular complexity index is 1340. The van der Waals surface area contributed by atoms with Crippen LogP contribution in [-0.2, 0) is 11.2 Å². The van der Waals surface area contributed by atoms with Gasteiger partial charge in [0, 0.05) is 29.8 Å². The first kappa shape index (κ1) is 22.4. The molecule has 0 saturated heterocycles. The summed E-state index contributed by atoms with van der Waals surface area (Å²) in [5.41, 5.74) is 16.1. The molecule has 2 aliphatic rings. The molecule has 0 aliphatic carbocycles. The van der Waals surface area contributed by atoms with Gasteiger partial charge in [0.2, 0.25) is 12.7 Å². The van der Waals surface area contributed by atoms with Crippen LogP contribution in [0.5, 0.6) is 11.5 Å². The number of ether oxygens (including phenoxy) is 2. The molecule has 0 bridgehead atoms. The summed E-state index contributed by atoms with van der Waals surface area (Å²) in [5.74, 6) is 1.45.